The average molecular weight is 310 g/mol. The molecule has 1 aliphatic heterocycles. The summed E-state index contributed by atoms with van der Waals surface area (Å²) in [6.07, 6.45) is 3.40. The van der Waals surface area contributed by atoms with Gasteiger partial charge in [0.05, 0.1) is 16.9 Å². The van der Waals surface area contributed by atoms with Gasteiger partial charge in [-0.05, 0) is 54.2 Å². The molecule has 1 aliphatic rings. The van der Waals surface area contributed by atoms with Crippen LogP contribution in [0, 0.1) is 6.92 Å². The zero-order chi connectivity index (χ0) is 12.7. The second-order valence-electron chi connectivity index (χ2n) is 4.71. The second-order valence-corrected chi connectivity index (χ2v) is 5.56. The quantitative estimate of drug-likeness (QED) is 0.822. The van der Waals surface area contributed by atoms with Crippen LogP contribution in [-0.2, 0) is 4.74 Å². The first kappa shape index (κ1) is 12.0. The fraction of sp³-hybridized carbons (Fsp3) is 0.462. The first-order valence-electron chi connectivity index (χ1n) is 6.23. The highest BCUT2D eigenvalue weighted by Gasteiger charge is 2.21. The number of rotatable bonds is 1. The van der Waals surface area contributed by atoms with Gasteiger partial charge in [0, 0.05) is 16.5 Å². The topological polar surface area (TPSA) is 53.1 Å². The lowest BCUT2D eigenvalue weighted by Crippen LogP contribution is -2.19. The van der Waals surface area contributed by atoms with Crippen molar-refractivity contribution in [2.75, 3.05) is 12.3 Å². The molecule has 0 radical (unpaired) electrons. The van der Waals surface area contributed by atoms with E-state index >= 15 is 0 Å². The number of hydrogen-bond acceptors (Lipinski definition) is 3. The molecule has 1 unspecified atom stereocenters. The average Bonchev–Trinajstić information content (AvgIpc) is 2.73. The minimum atomic E-state index is 0.0514. The van der Waals surface area contributed by atoms with Gasteiger partial charge in [-0.15, -0.1) is 0 Å². The predicted molar refractivity (Wildman–Crippen MR) is 75.4 cm³/mol. The van der Waals surface area contributed by atoms with Gasteiger partial charge < -0.3 is 10.5 Å². The molecule has 1 aromatic heterocycles. The molecule has 1 aromatic carbocycles. The summed E-state index contributed by atoms with van der Waals surface area (Å²) in [5.74, 6) is 0. The zero-order valence-electron chi connectivity index (χ0n) is 10.3. The highest BCUT2D eigenvalue weighted by molar-refractivity contribution is 9.10. The summed E-state index contributed by atoms with van der Waals surface area (Å²) >= 11 is 3.46. The van der Waals surface area contributed by atoms with Crippen molar-refractivity contribution >= 4 is 32.5 Å². The number of halogens is 1. The monoisotopic (exact) mass is 309 g/mol. The molecule has 4 nitrogen and oxygen atoms in total. The summed E-state index contributed by atoms with van der Waals surface area (Å²) in [5, 5.41) is 5.63. The van der Waals surface area contributed by atoms with E-state index in [0.717, 1.165) is 46.2 Å². The van der Waals surface area contributed by atoms with E-state index in [1.54, 1.807) is 0 Å². The molecule has 18 heavy (non-hydrogen) atoms. The number of benzene rings is 1. The van der Waals surface area contributed by atoms with E-state index in [2.05, 4.69) is 21.0 Å². The maximum atomic E-state index is 6.12. The van der Waals surface area contributed by atoms with Crippen molar-refractivity contribution in [3.05, 3.63) is 22.3 Å². The van der Waals surface area contributed by atoms with E-state index in [-0.39, 0.29) is 6.23 Å². The van der Waals surface area contributed by atoms with Gasteiger partial charge in [0.15, 0.2) is 6.23 Å². The molecule has 2 aromatic rings. The Morgan fingerprint density at radius 1 is 1.44 bits per heavy atom. The molecule has 0 spiro atoms. The molecular formula is C13H16BrN3O. The minimum Gasteiger partial charge on any atom is -0.397 e. The number of ether oxygens (including phenoxy) is 1. The molecule has 2 heterocycles. The van der Waals surface area contributed by atoms with Crippen molar-refractivity contribution < 1.29 is 4.74 Å². The number of nitrogens with zero attached hydrogens (tertiary/aromatic N) is 2. The predicted octanol–water partition coefficient (Wildman–Crippen LogP) is 3.39. The molecule has 96 valence electrons. The fourth-order valence-corrected chi connectivity index (χ4v) is 2.89. The summed E-state index contributed by atoms with van der Waals surface area (Å²) in [6.45, 7) is 2.81. The maximum absolute atomic E-state index is 6.12. The molecule has 3 rings (SSSR count). The fourth-order valence-electron chi connectivity index (χ4n) is 2.56. The SMILES string of the molecule is Cc1nn(C2CCCCO2)c2ccc(Br)c(N)c12. The van der Waals surface area contributed by atoms with Crippen LogP contribution in [0.1, 0.15) is 31.2 Å². The van der Waals surface area contributed by atoms with Crippen molar-refractivity contribution in [2.24, 2.45) is 0 Å². The first-order chi connectivity index (χ1) is 8.68. The van der Waals surface area contributed by atoms with Crippen LogP contribution >= 0.6 is 15.9 Å². The van der Waals surface area contributed by atoms with Crippen LogP contribution in [0.15, 0.2) is 16.6 Å². The van der Waals surface area contributed by atoms with Crippen molar-refractivity contribution in [2.45, 2.75) is 32.4 Å². The van der Waals surface area contributed by atoms with Crippen LogP contribution in [0.5, 0.6) is 0 Å². The number of anilines is 1. The van der Waals surface area contributed by atoms with Gasteiger partial charge in [0.25, 0.3) is 0 Å². The van der Waals surface area contributed by atoms with Crippen LogP contribution in [0.25, 0.3) is 10.9 Å². The van der Waals surface area contributed by atoms with Gasteiger partial charge >= 0.3 is 0 Å². The number of fused-ring (bicyclic) bond motifs is 1. The lowest BCUT2D eigenvalue weighted by Gasteiger charge is -2.23. The summed E-state index contributed by atoms with van der Waals surface area (Å²) < 4.78 is 8.70. The van der Waals surface area contributed by atoms with E-state index in [0.29, 0.717) is 0 Å². The Kier molecular flexibility index (Phi) is 3.03. The molecule has 5 heteroatoms. The van der Waals surface area contributed by atoms with E-state index in [9.17, 15) is 0 Å². The third kappa shape index (κ3) is 1.82. The Balaban J connectivity index is 2.16. The van der Waals surface area contributed by atoms with Crippen molar-refractivity contribution in [3.8, 4) is 0 Å². The molecule has 0 amide bonds. The molecule has 0 bridgehead atoms. The second kappa shape index (κ2) is 4.55. The van der Waals surface area contributed by atoms with E-state index in [1.807, 2.05) is 23.7 Å². The van der Waals surface area contributed by atoms with Crippen LogP contribution in [0.4, 0.5) is 5.69 Å². The number of nitrogens with two attached hydrogens (primary N) is 1. The Morgan fingerprint density at radius 3 is 3.00 bits per heavy atom. The minimum absolute atomic E-state index is 0.0514. The van der Waals surface area contributed by atoms with Crippen molar-refractivity contribution in [1.82, 2.24) is 9.78 Å². The molecular weight excluding hydrogens is 294 g/mol. The smallest absolute Gasteiger partial charge is 0.150 e. The van der Waals surface area contributed by atoms with E-state index in [4.69, 9.17) is 10.5 Å². The highest BCUT2D eigenvalue weighted by Crippen LogP contribution is 2.34. The third-order valence-electron chi connectivity index (χ3n) is 3.47. The Hall–Kier alpha value is -1.07. The number of hydrogen-bond donors (Lipinski definition) is 1. The molecule has 1 atom stereocenters. The molecule has 0 aliphatic carbocycles. The van der Waals surface area contributed by atoms with Gasteiger partial charge in [-0.3, -0.25) is 0 Å². The van der Waals surface area contributed by atoms with Gasteiger partial charge in [-0.25, -0.2) is 4.68 Å². The Labute approximate surface area is 114 Å². The van der Waals surface area contributed by atoms with Gasteiger partial charge in [0.1, 0.15) is 0 Å². The maximum Gasteiger partial charge on any atom is 0.150 e. The van der Waals surface area contributed by atoms with Gasteiger partial charge in [-0.2, -0.15) is 5.10 Å². The molecule has 1 fully saturated rings. The third-order valence-corrected chi connectivity index (χ3v) is 4.16. The molecule has 0 saturated carbocycles. The molecule has 1 saturated heterocycles. The van der Waals surface area contributed by atoms with Crippen LogP contribution in [0.3, 0.4) is 0 Å². The summed E-state index contributed by atoms with van der Waals surface area (Å²) in [4.78, 5) is 0. The number of aromatic nitrogens is 2. The van der Waals surface area contributed by atoms with Crippen LogP contribution in [0.2, 0.25) is 0 Å². The van der Waals surface area contributed by atoms with E-state index in [1.165, 1.54) is 6.42 Å². The standard InChI is InChI=1S/C13H16BrN3O/c1-8-12-10(6-5-9(14)13(12)15)17(16-8)11-4-2-3-7-18-11/h5-6,11H,2-4,7,15H2,1H3. The van der Waals surface area contributed by atoms with Crippen LogP contribution < -0.4 is 5.73 Å². The first-order valence-corrected chi connectivity index (χ1v) is 7.02. The number of aryl methyl sites for hydroxylation is 1. The lowest BCUT2D eigenvalue weighted by molar-refractivity contribution is -0.0368. The lowest BCUT2D eigenvalue weighted by atomic mass is 10.1. The highest BCUT2D eigenvalue weighted by atomic mass is 79.9. The normalized spacial score (nSPS) is 20.4. The zero-order valence-corrected chi connectivity index (χ0v) is 11.9. The van der Waals surface area contributed by atoms with Gasteiger partial charge in [0.2, 0.25) is 0 Å². The molecule has 2 N–H and O–H groups in total. The Bertz CT molecular complexity index is 587. The van der Waals surface area contributed by atoms with Crippen LogP contribution in [-0.4, -0.2) is 16.4 Å². The largest absolute Gasteiger partial charge is 0.397 e. The van der Waals surface area contributed by atoms with Crippen molar-refractivity contribution in [3.63, 3.8) is 0 Å². The van der Waals surface area contributed by atoms with Gasteiger partial charge in [-0.1, -0.05) is 0 Å². The summed E-state index contributed by atoms with van der Waals surface area (Å²) in [5.41, 5.74) is 8.89. The van der Waals surface area contributed by atoms with Crippen molar-refractivity contribution in [1.29, 1.82) is 0 Å². The summed E-state index contributed by atoms with van der Waals surface area (Å²) in [7, 11) is 0. The summed E-state index contributed by atoms with van der Waals surface area (Å²) in [6, 6.07) is 4.02. The number of nitrogen functional groups attached to an aromatic ring is 1. The Morgan fingerprint density at radius 2 is 2.28 bits per heavy atom. The van der Waals surface area contributed by atoms with E-state index < -0.39 is 0 Å².